The second-order valence-electron chi connectivity index (χ2n) is 11.8. The van der Waals surface area contributed by atoms with Crippen molar-refractivity contribution in [3.8, 4) is 0 Å². The Balaban J connectivity index is 1.60. The highest BCUT2D eigenvalue weighted by atomic mass is 35.5. The molecule has 1 aliphatic rings. The molecule has 2 amide bonds. The minimum Gasteiger partial charge on any atom is -0.352 e. The fourth-order valence-corrected chi connectivity index (χ4v) is 7.62. The van der Waals surface area contributed by atoms with Gasteiger partial charge in [0.05, 0.1) is 21.2 Å². The SMILES string of the molecule is O=C(NC1CCCC1)[C@H](Cc1ccccc1)N(Cc1ccc(Cl)cc1)C(=O)CN(c1ccc(Cl)c(C(F)(F)F)c1)S(=O)(=O)c1ccccc1. The second-order valence-corrected chi connectivity index (χ2v) is 14.5. The van der Waals surface area contributed by atoms with Crippen LogP contribution in [0.25, 0.3) is 0 Å². The van der Waals surface area contributed by atoms with E-state index in [1.54, 1.807) is 42.5 Å². The van der Waals surface area contributed by atoms with E-state index in [1.807, 2.05) is 18.2 Å². The highest BCUT2D eigenvalue weighted by molar-refractivity contribution is 7.92. The summed E-state index contributed by atoms with van der Waals surface area (Å²) in [5, 5.41) is 2.90. The number of halogens is 5. The van der Waals surface area contributed by atoms with E-state index < -0.39 is 56.9 Å². The number of nitrogens with one attached hydrogen (secondary N) is 1. The molecular formula is C36H34Cl2F3N3O4S. The summed E-state index contributed by atoms with van der Waals surface area (Å²) >= 11 is 12.0. The van der Waals surface area contributed by atoms with Crippen LogP contribution in [0.1, 0.15) is 42.4 Å². The maximum Gasteiger partial charge on any atom is 0.417 e. The average Bonchev–Trinajstić information content (AvgIpc) is 3.59. The molecule has 4 aromatic carbocycles. The van der Waals surface area contributed by atoms with Gasteiger partial charge in [0.25, 0.3) is 10.0 Å². The molecule has 0 saturated heterocycles. The molecule has 1 atom stereocenters. The monoisotopic (exact) mass is 731 g/mol. The van der Waals surface area contributed by atoms with Gasteiger partial charge in [-0.2, -0.15) is 13.2 Å². The summed E-state index contributed by atoms with van der Waals surface area (Å²) in [6, 6.07) is 24.3. The first-order valence-electron chi connectivity index (χ1n) is 15.7. The molecule has 258 valence electrons. The highest BCUT2D eigenvalue weighted by Crippen LogP contribution is 2.38. The number of rotatable bonds is 12. The Morgan fingerprint density at radius 2 is 1.45 bits per heavy atom. The molecule has 7 nitrogen and oxygen atoms in total. The van der Waals surface area contributed by atoms with Gasteiger partial charge < -0.3 is 10.2 Å². The topological polar surface area (TPSA) is 86.8 Å². The summed E-state index contributed by atoms with van der Waals surface area (Å²) in [5.41, 5.74) is -0.323. The molecule has 1 saturated carbocycles. The number of hydrogen-bond acceptors (Lipinski definition) is 4. The third kappa shape index (κ3) is 9.14. The first-order valence-corrected chi connectivity index (χ1v) is 17.9. The van der Waals surface area contributed by atoms with Crippen LogP contribution in [0.5, 0.6) is 0 Å². The van der Waals surface area contributed by atoms with E-state index in [1.165, 1.54) is 29.2 Å². The quantitative estimate of drug-likeness (QED) is 0.161. The Kier molecular flexibility index (Phi) is 11.6. The fraction of sp³-hybridized carbons (Fsp3) is 0.278. The van der Waals surface area contributed by atoms with Crippen molar-refractivity contribution >= 4 is 50.7 Å². The predicted octanol–water partition coefficient (Wildman–Crippen LogP) is 7.91. The van der Waals surface area contributed by atoms with Crippen molar-refractivity contribution in [3.63, 3.8) is 0 Å². The average molecular weight is 733 g/mol. The normalized spacial score (nSPS) is 14.3. The number of amides is 2. The van der Waals surface area contributed by atoms with E-state index in [9.17, 15) is 31.2 Å². The van der Waals surface area contributed by atoms with Crippen LogP contribution < -0.4 is 9.62 Å². The number of sulfonamides is 1. The molecule has 13 heteroatoms. The Labute approximate surface area is 293 Å². The van der Waals surface area contributed by atoms with E-state index in [-0.39, 0.29) is 23.9 Å². The van der Waals surface area contributed by atoms with Crippen LogP contribution in [0.15, 0.2) is 108 Å². The summed E-state index contributed by atoms with van der Waals surface area (Å²) in [4.78, 5) is 29.7. The minimum atomic E-state index is -4.90. The molecule has 0 aromatic heterocycles. The lowest BCUT2D eigenvalue weighted by atomic mass is 10.0. The van der Waals surface area contributed by atoms with Crippen LogP contribution in [-0.4, -0.2) is 43.8 Å². The Morgan fingerprint density at radius 3 is 2.06 bits per heavy atom. The molecule has 1 fully saturated rings. The molecule has 0 bridgehead atoms. The molecular weight excluding hydrogens is 698 g/mol. The van der Waals surface area contributed by atoms with Crippen molar-refractivity contribution < 1.29 is 31.2 Å². The van der Waals surface area contributed by atoms with Crippen molar-refractivity contribution in [2.75, 3.05) is 10.8 Å². The van der Waals surface area contributed by atoms with E-state index in [0.29, 0.717) is 21.0 Å². The van der Waals surface area contributed by atoms with Gasteiger partial charge in [0.15, 0.2) is 0 Å². The lowest BCUT2D eigenvalue weighted by Gasteiger charge is -2.34. The fourth-order valence-electron chi connectivity index (χ4n) is 5.84. The number of carbonyl (C=O) groups is 2. The molecule has 0 aliphatic heterocycles. The van der Waals surface area contributed by atoms with Crippen LogP contribution in [0, 0.1) is 0 Å². The van der Waals surface area contributed by atoms with Crippen LogP contribution in [0.2, 0.25) is 10.0 Å². The molecule has 5 rings (SSSR count). The lowest BCUT2D eigenvalue weighted by Crippen LogP contribution is -2.54. The van der Waals surface area contributed by atoms with Crippen molar-refractivity contribution in [3.05, 3.63) is 130 Å². The van der Waals surface area contributed by atoms with E-state index >= 15 is 0 Å². The lowest BCUT2D eigenvalue weighted by molar-refractivity contribution is -0.140. The zero-order valence-electron chi connectivity index (χ0n) is 26.2. The van der Waals surface area contributed by atoms with Crippen LogP contribution in [0.3, 0.4) is 0 Å². The van der Waals surface area contributed by atoms with Gasteiger partial charge in [0.1, 0.15) is 12.6 Å². The second kappa shape index (κ2) is 15.7. The van der Waals surface area contributed by atoms with E-state index in [4.69, 9.17) is 23.2 Å². The summed E-state index contributed by atoms with van der Waals surface area (Å²) in [6.07, 6.45) is -1.32. The molecule has 0 unspecified atom stereocenters. The maximum absolute atomic E-state index is 14.6. The van der Waals surface area contributed by atoms with Crippen LogP contribution >= 0.6 is 23.2 Å². The first-order chi connectivity index (χ1) is 23.3. The predicted molar refractivity (Wildman–Crippen MR) is 184 cm³/mol. The zero-order valence-corrected chi connectivity index (χ0v) is 28.6. The number of alkyl halides is 3. The van der Waals surface area contributed by atoms with E-state index in [0.717, 1.165) is 43.4 Å². The summed E-state index contributed by atoms with van der Waals surface area (Å²) in [5.74, 6) is -1.22. The van der Waals surface area contributed by atoms with Gasteiger partial charge in [-0.1, -0.05) is 96.7 Å². The van der Waals surface area contributed by atoms with Gasteiger partial charge >= 0.3 is 6.18 Å². The largest absolute Gasteiger partial charge is 0.417 e. The summed E-state index contributed by atoms with van der Waals surface area (Å²) < 4.78 is 70.7. The standard InChI is InChI=1S/C36H34Cl2F3N3O4S/c37-27-17-15-26(16-18-27)23-43(33(21-25-9-3-1-4-10-25)35(46)42-28-11-7-8-12-28)34(45)24-44(49(47,48)30-13-5-2-6-14-30)29-19-20-32(38)31(22-29)36(39,40)41/h1-6,9-10,13-20,22,28,33H,7-8,11-12,21,23-24H2,(H,42,46)/t33-/m0/s1. The van der Waals surface area contributed by atoms with Gasteiger partial charge in [-0.15, -0.1) is 0 Å². The van der Waals surface area contributed by atoms with E-state index in [2.05, 4.69) is 5.32 Å². The Hall–Kier alpha value is -4.06. The van der Waals surface area contributed by atoms with Crippen molar-refractivity contribution in [1.29, 1.82) is 0 Å². The molecule has 0 heterocycles. The van der Waals surface area contributed by atoms with Crippen molar-refractivity contribution in [1.82, 2.24) is 10.2 Å². The number of hydrogen-bond donors (Lipinski definition) is 1. The molecule has 0 radical (unpaired) electrons. The Bertz CT molecular complexity index is 1860. The Morgan fingerprint density at radius 1 is 0.837 bits per heavy atom. The van der Waals surface area contributed by atoms with Gasteiger partial charge in [0.2, 0.25) is 11.8 Å². The molecule has 1 N–H and O–H groups in total. The molecule has 0 spiro atoms. The van der Waals surface area contributed by atoms with Gasteiger partial charge in [-0.05, 0) is 66.4 Å². The molecule has 4 aromatic rings. The maximum atomic E-state index is 14.6. The van der Waals surface area contributed by atoms with Crippen molar-refractivity contribution in [2.45, 2.75) is 61.8 Å². The minimum absolute atomic E-state index is 0.0805. The number of anilines is 1. The van der Waals surface area contributed by atoms with Gasteiger partial charge in [-0.25, -0.2) is 8.42 Å². The first kappa shape index (κ1) is 36.2. The van der Waals surface area contributed by atoms with Gasteiger partial charge in [-0.3, -0.25) is 13.9 Å². The highest BCUT2D eigenvalue weighted by Gasteiger charge is 2.38. The molecule has 1 aliphatic carbocycles. The third-order valence-electron chi connectivity index (χ3n) is 8.39. The summed E-state index contributed by atoms with van der Waals surface area (Å²) in [6.45, 7) is -1.02. The third-order valence-corrected chi connectivity index (χ3v) is 10.8. The van der Waals surface area contributed by atoms with Crippen LogP contribution in [0.4, 0.5) is 18.9 Å². The smallest absolute Gasteiger partial charge is 0.352 e. The van der Waals surface area contributed by atoms with Gasteiger partial charge in [0, 0.05) is 24.0 Å². The summed E-state index contributed by atoms with van der Waals surface area (Å²) in [7, 11) is -4.60. The van der Waals surface area contributed by atoms with Crippen molar-refractivity contribution in [2.24, 2.45) is 0 Å². The number of carbonyl (C=O) groups excluding carboxylic acids is 2. The number of benzene rings is 4. The molecule has 49 heavy (non-hydrogen) atoms. The zero-order chi connectivity index (χ0) is 35.2. The number of nitrogens with zero attached hydrogens (tertiary/aromatic N) is 2. The van der Waals surface area contributed by atoms with Crippen LogP contribution in [-0.2, 0) is 38.8 Å².